The molecule has 28 heavy (non-hydrogen) atoms. The average molecular weight is 375 g/mol. The molecular formula is C21H25N7. The van der Waals surface area contributed by atoms with E-state index >= 15 is 0 Å². The fraction of sp³-hybridized carbons (Fsp3) is 0.381. The molecule has 5 rings (SSSR count). The first kappa shape index (κ1) is 17.2. The molecule has 2 aliphatic rings. The van der Waals surface area contributed by atoms with Crippen molar-refractivity contribution in [1.29, 1.82) is 0 Å². The fourth-order valence-corrected chi connectivity index (χ4v) is 3.86. The van der Waals surface area contributed by atoms with Gasteiger partial charge in [-0.3, -0.25) is 19.4 Å². The summed E-state index contributed by atoms with van der Waals surface area (Å²) in [6.45, 7) is 7.07. The Balaban J connectivity index is 1.58. The summed E-state index contributed by atoms with van der Waals surface area (Å²) >= 11 is 0. The number of anilines is 1. The Kier molecular flexibility index (Phi) is 4.24. The summed E-state index contributed by atoms with van der Waals surface area (Å²) in [6, 6.07) is 12.4. The number of benzene rings is 1. The molecule has 0 aliphatic carbocycles. The van der Waals surface area contributed by atoms with Gasteiger partial charge in [0.15, 0.2) is 0 Å². The lowest BCUT2D eigenvalue weighted by atomic mass is 10.1. The smallest absolute Gasteiger partial charge is 0.216 e. The van der Waals surface area contributed by atoms with Crippen LogP contribution in [0.15, 0.2) is 53.8 Å². The molecule has 4 heterocycles. The number of fused-ring (bicyclic) bond motifs is 5. The van der Waals surface area contributed by atoms with Crippen LogP contribution in [-0.2, 0) is 0 Å². The Bertz CT molecular complexity index is 1010. The number of nitrogens with zero attached hydrogens (tertiary/aromatic N) is 6. The molecule has 0 fully saturated rings. The van der Waals surface area contributed by atoms with E-state index in [-0.39, 0.29) is 6.17 Å². The number of imidazole rings is 1. The zero-order valence-electron chi connectivity index (χ0n) is 16.3. The topological polar surface area (TPSA) is 61.6 Å². The minimum absolute atomic E-state index is 0.0756. The molecule has 0 saturated heterocycles. The lowest BCUT2D eigenvalue weighted by Gasteiger charge is -2.41. The van der Waals surface area contributed by atoms with E-state index in [2.05, 4.69) is 62.8 Å². The zero-order chi connectivity index (χ0) is 19.1. The van der Waals surface area contributed by atoms with Crippen molar-refractivity contribution >= 4 is 22.9 Å². The highest BCUT2D eigenvalue weighted by Gasteiger charge is 2.35. The third kappa shape index (κ3) is 2.92. The van der Waals surface area contributed by atoms with Crippen molar-refractivity contribution in [3.63, 3.8) is 0 Å². The summed E-state index contributed by atoms with van der Waals surface area (Å²) in [4.78, 5) is 18.7. The Morgan fingerprint density at radius 2 is 2.07 bits per heavy atom. The monoisotopic (exact) mass is 375 g/mol. The highest BCUT2D eigenvalue weighted by Crippen LogP contribution is 2.33. The summed E-state index contributed by atoms with van der Waals surface area (Å²) in [6.07, 6.45) is 4.80. The van der Waals surface area contributed by atoms with Crippen LogP contribution in [0.1, 0.15) is 32.0 Å². The van der Waals surface area contributed by atoms with Gasteiger partial charge in [0.05, 0.1) is 24.4 Å². The van der Waals surface area contributed by atoms with Gasteiger partial charge in [0.2, 0.25) is 11.9 Å². The third-order valence-electron chi connectivity index (χ3n) is 5.38. The summed E-state index contributed by atoms with van der Waals surface area (Å²) in [5.74, 6) is 2.50. The molecule has 3 aromatic rings. The van der Waals surface area contributed by atoms with Gasteiger partial charge < -0.3 is 5.32 Å². The minimum Gasteiger partial charge on any atom is -0.331 e. The van der Waals surface area contributed by atoms with Crippen LogP contribution in [0.5, 0.6) is 0 Å². The van der Waals surface area contributed by atoms with Crippen LogP contribution in [0.2, 0.25) is 0 Å². The van der Waals surface area contributed by atoms with Crippen molar-refractivity contribution in [2.45, 2.75) is 26.4 Å². The maximum absolute atomic E-state index is 4.96. The number of aromatic nitrogens is 3. The van der Waals surface area contributed by atoms with Gasteiger partial charge >= 0.3 is 0 Å². The Labute approximate surface area is 164 Å². The lowest BCUT2D eigenvalue weighted by Crippen LogP contribution is -2.57. The van der Waals surface area contributed by atoms with E-state index < -0.39 is 0 Å². The van der Waals surface area contributed by atoms with Crippen molar-refractivity contribution in [3.8, 4) is 0 Å². The van der Waals surface area contributed by atoms with Gasteiger partial charge in [-0.25, -0.2) is 9.98 Å². The van der Waals surface area contributed by atoms with Crippen LogP contribution < -0.4 is 10.2 Å². The first-order chi connectivity index (χ1) is 13.7. The van der Waals surface area contributed by atoms with Gasteiger partial charge in [-0.1, -0.05) is 32.0 Å². The predicted molar refractivity (Wildman–Crippen MR) is 111 cm³/mol. The number of nitrogens with one attached hydrogen (secondary N) is 1. The number of guanidine groups is 1. The molecule has 0 bridgehead atoms. The highest BCUT2D eigenvalue weighted by atomic mass is 15.5. The van der Waals surface area contributed by atoms with Crippen LogP contribution >= 0.6 is 0 Å². The van der Waals surface area contributed by atoms with E-state index in [9.17, 15) is 0 Å². The number of pyridine rings is 1. The Morgan fingerprint density at radius 1 is 1.18 bits per heavy atom. The number of hydrogen-bond donors (Lipinski definition) is 1. The maximum Gasteiger partial charge on any atom is 0.216 e. The number of hydrogen-bond acceptors (Lipinski definition) is 6. The molecule has 0 unspecified atom stereocenters. The second-order valence-corrected chi connectivity index (χ2v) is 7.87. The quantitative estimate of drug-likeness (QED) is 0.760. The van der Waals surface area contributed by atoms with Crippen molar-refractivity contribution in [2.75, 3.05) is 24.8 Å². The Hall–Kier alpha value is -2.93. The van der Waals surface area contributed by atoms with E-state index in [0.717, 1.165) is 41.7 Å². The molecule has 0 spiro atoms. The maximum atomic E-state index is 4.96. The summed E-state index contributed by atoms with van der Waals surface area (Å²) in [7, 11) is 0. The standard InChI is InChI=1S/C21H25N7/c1-15(2)9-11-26-13-23-20-25-19(16-6-5-10-22-12-16)28-18-8-4-3-7-17(18)24-21(28)27(20)14-26/h3-8,10,12,15,19H,9,11,13-14H2,1-2H3,(H,23,25)/t19-/m1/s1. The molecular weight excluding hydrogens is 350 g/mol. The van der Waals surface area contributed by atoms with E-state index in [1.807, 2.05) is 18.3 Å². The minimum atomic E-state index is -0.0756. The largest absolute Gasteiger partial charge is 0.331 e. The van der Waals surface area contributed by atoms with E-state index in [4.69, 9.17) is 9.98 Å². The van der Waals surface area contributed by atoms with Gasteiger partial charge in [-0.15, -0.1) is 0 Å². The zero-order valence-corrected chi connectivity index (χ0v) is 16.3. The first-order valence-electron chi connectivity index (χ1n) is 9.88. The van der Waals surface area contributed by atoms with E-state index in [1.54, 1.807) is 6.20 Å². The lowest BCUT2D eigenvalue weighted by molar-refractivity contribution is 0.256. The molecule has 144 valence electrons. The summed E-state index contributed by atoms with van der Waals surface area (Å²) < 4.78 is 2.26. The Morgan fingerprint density at radius 3 is 2.89 bits per heavy atom. The van der Waals surface area contributed by atoms with Crippen LogP contribution in [0.3, 0.4) is 0 Å². The van der Waals surface area contributed by atoms with E-state index in [0.29, 0.717) is 12.6 Å². The van der Waals surface area contributed by atoms with Crippen LogP contribution in [0, 0.1) is 5.92 Å². The summed E-state index contributed by atoms with van der Waals surface area (Å²) in [5, 5.41) is 3.62. The molecule has 0 amide bonds. The molecule has 1 N–H and O–H groups in total. The highest BCUT2D eigenvalue weighted by molar-refractivity contribution is 5.98. The van der Waals surface area contributed by atoms with Gasteiger partial charge in [0.25, 0.3) is 0 Å². The normalized spacial score (nSPS) is 19.3. The first-order valence-corrected chi connectivity index (χ1v) is 9.88. The number of rotatable bonds is 4. The molecule has 7 nitrogen and oxygen atoms in total. The average Bonchev–Trinajstić information content (AvgIpc) is 3.12. The van der Waals surface area contributed by atoms with Crippen LogP contribution in [0.4, 0.5) is 5.95 Å². The molecule has 1 aromatic carbocycles. The number of aliphatic imine (C=N–C) groups is 1. The van der Waals surface area contributed by atoms with Gasteiger partial charge in [-0.05, 0) is 30.5 Å². The molecule has 1 atom stereocenters. The van der Waals surface area contributed by atoms with Crippen molar-refractivity contribution in [1.82, 2.24) is 24.8 Å². The third-order valence-corrected chi connectivity index (χ3v) is 5.38. The van der Waals surface area contributed by atoms with Crippen molar-refractivity contribution < 1.29 is 0 Å². The predicted octanol–water partition coefficient (Wildman–Crippen LogP) is 3.02. The SMILES string of the molecule is CC(C)CCN1CN=C2N[C@@H](c3cccnc3)n3c(nc4ccccc43)N2C1. The van der Waals surface area contributed by atoms with Crippen molar-refractivity contribution in [3.05, 3.63) is 54.4 Å². The summed E-state index contributed by atoms with van der Waals surface area (Å²) in [5.41, 5.74) is 3.20. The molecule has 2 aromatic heterocycles. The van der Waals surface area contributed by atoms with Crippen LogP contribution in [0.25, 0.3) is 11.0 Å². The number of para-hydroxylation sites is 2. The molecule has 7 heteroatoms. The molecule has 2 aliphatic heterocycles. The second kappa shape index (κ2) is 6.91. The van der Waals surface area contributed by atoms with Crippen LogP contribution in [-0.4, -0.2) is 45.3 Å². The van der Waals surface area contributed by atoms with E-state index in [1.165, 1.54) is 6.42 Å². The van der Waals surface area contributed by atoms with Crippen molar-refractivity contribution in [2.24, 2.45) is 10.9 Å². The fourth-order valence-electron chi connectivity index (χ4n) is 3.86. The molecule has 0 saturated carbocycles. The second-order valence-electron chi connectivity index (χ2n) is 7.87. The molecule has 0 radical (unpaired) electrons. The van der Waals surface area contributed by atoms with Gasteiger partial charge in [0.1, 0.15) is 6.17 Å². The van der Waals surface area contributed by atoms with Gasteiger partial charge in [-0.2, -0.15) is 0 Å². The van der Waals surface area contributed by atoms with Gasteiger partial charge in [0, 0.05) is 24.5 Å².